The van der Waals surface area contributed by atoms with Crippen molar-refractivity contribution in [1.82, 2.24) is 4.98 Å². The summed E-state index contributed by atoms with van der Waals surface area (Å²) in [6.07, 6.45) is 0. The standard InChI is InChI=1S/C18H27N/c1-10(2)14-8-15(11(3)4)18-16(9-14)13(7)17(19-18)12(5)6/h8-12,19H,1-7H3. The van der Waals surface area contributed by atoms with E-state index in [0.717, 1.165) is 0 Å². The number of aromatic nitrogens is 1. The molecule has 0 radical (unpaired) electrons. The molecule has 0 aliphatic rings. The van der Waals surface area contributed by atoms with Crippen molar-refractivity contribution in [3.05, 3.63) is 34.5 Å². The van der Waals surface area contributed by atoms with Gasteiger partial charge in [-0.3, -0.25) is 0 Å². The van der Waals surface area contributed by atoms with Gasteiger partial charge in [0.15, 0.2) is 0 Å². The fourth-order valence-corrected chi connectivity index (χ4v) is 2.86. The summed E-state index contributed by atoms with van der Waals surface area (Å²) in [5, 5.41) is 1.42. The third-order valence-corrected chi connectivity index (χ3v) is 4.12. The van der Waals surface area contributed by atoms with E-state index in [9.17, 15) is 0 Å². The lowest BCUT2D eigenvalue weighted by Crippen LogP contribution is -1.95. The van der Waals surface area contributed by atoms with E-state index in [4.69, 9.17) is 0 Å². The maximum absolute atomic E-state index is 3.68. The number of nitrogens with one attached hydrogen (secondary N) is 1. The van der Waals surface area contributed by atoms with Gasteiger partial charge in [-0.1, -0.05) is 47.6 Å². The summed E-state index contributed by atoms with van der Waals surface area (Å²) >= 11 is 0. The molecule has 2 rings (SSSR count). The van der Waals surface area contributed by atoms with Gasteiger partial charge in [0.05, 0.1) is 0 Å². The molecule has 1 aromatic heterocycles. The largest absolute Gasteiger partial charge is 0.358 e. The van der Waals surface area contributed by atoms with Gasteiger partial charge in [0, 0.05) is 16.6 Å². The van der Waals surface area contributed by atoms with Crippen LogP contribution in [0.4, 0.5) is 0 Å². The summed E-state index contributed by atoms with van der Waals surface area (Å²) in [6.45, 7) is 15.9. The van der Waals surface area contributed by atoms with Gasteiger partial charge < -0.3 is 4.98 Å². The van der Waals surface area contributed by atoms with Crippen LogP contribution in [-0.4, -0.2) is 4.98 Å². The highest BCUT2D eigenvalue weighted by Gasteiger charge is 2.16. The predicted molar refractivity (Wildman–Crippen MR) is 85.3 cm³/mol. The van der Waals surface area contributed by atoms with Gasteiger partial charge in [-0.05, 0) is 47.4 Å². The smallest absolute Gasteiger partial charge is 0.0494 e. The lowest BCUT2D eigenvalue weighted by atomic mass is 9.92. The molecule has 0 spiro atoms. The molecule has 0 saturated heterocycles. The Hall–Kier alpha value is -1.24. The second-order valence-corrected chi connectivity index (χ2v) is 6.66. The van der Waals surface area contributed by atoms with E-state index in [1.165, 1.54) is 33.3 Å². The second-order valence-electron chi connectivity index (χ2n) is 6.66. The summed E-state index contributed by atoms with van der Waals surface area (Å²) < 4.78 is 0. The Labute approximate surface area is 117 Å². The molecule has 1 aromatic carbocycles. The minimum Gasteiger partial charge on any atom is -0.358 e. The number of rotatable bonds is 3. The first kappa shape index (κ1) is 14.2. The van der Waals surface area contributed by atoms with Crippen molar-refractivity contribution >= 4 is 10.9 Å². The quantitative estimate of drug-likeness (QED) is 0.710. The summed E-state index contributed by atoms with van der Waals surface area (Å²) in [7, 11) is 0. The van der Waals surface area contributed by atoms with Crippen LogP contribution >= 0.6 is 0 Å². The van der Waals surface area contributed by atoms with Crippen molar-refractivity contribution in [2.24, 2.45) is 0 Å². The first-order chi connectivity index (χ1) is 8.82. The fraction of sp³-hybridized carbons (Fsp3) is 0.556. The molecule has 1 heteroatoms. The molecule has 0 amide bonds. The van der Waals surface area contributed by atoms with Crippen molar-refractivity contribution in [2.75, 3.05) is 0 Å². The highest BCUT2D eigenvalue weighted by Crippen LogP contribution is 2.34. The van der Waals surface area contributed by atoms with Crippen molar-refractivity contribution in [3.8, 4) is 0 Å². The van der Waals surface area contributed by atoms with Crippen LogP contribution in [0.5, 0.6) is 0 Å². The Bertz CT molecular complexity index is 585. The minimum absolute atomic E-state index is 0.551. The zero-order valence-corrected chi connectivity index (χ0v) is 13.4. The zero-order chi connectivity index (χ0) is 14.3. The van der Waals surface area contributed by atoms with Crippen LogP contribution in [0.2, 0.25) is 0 Å². The molecule has 1 N–H and O–H groups in total. The van der Waals surface area contributed by atoms with Crippen LogP contribution in [0.1, 0.15) is 81.7 Å². The normalized spacial score (nSPS) is 12.3. The number of aryl methyl sites for hydroxylation is 1. The van der Waals surface area contributed by atoms with Gasteiger partial charge in [0.25, 0.3) is 0 Å². The number of hydrogen-bond acceptors (Lipinski definition) is 0. The van der Waals surface area contributed by atoms with Crippen molar-refractivity contribution in [1.29, 1.82) is 0 Å². The van der Waals surface area contributed by atoms with Crippen molar-refractivity contribution in [3.63, 3.8) is 0 Å². The first-order valence-corrected chi connectivity index (χ1v) is 7.48. The van der Waals surface area contributed by atoms with E-state index in [0.29, 0.717) is 17.8 Å². The maximum atomic E-state index is 3.68. The third-order valence-electron chi connectivity index (χ3n) is 4.12. The van der Waals surface area contributed by atoms with Crippen molar-refractivity contribution in [2.45, 2.75) is 66.2 Å². The Morgan fingerprint density at radius 2 is 1.47 bits per heavy atom. The third kappa shape index (κ3) is 2.43. The number of hydrogen-bond donors (Lipinski definition) is 1. The molecule has 0 saturated carbocycles. The molecule has 19 heavy (non-hydrogen) atoms. The topological polar surface area (TPSA) is 15.8 Å². The maximum Gasteiger partial charge on any atom is 0.0494 e. The van der Waals surface area contributed by atoms with E-state index >= 15 is 0 Å². The Morgan fingerprint density at radius 3 is 1.95 bits per heavy atom. The number of benzene rings is 1. The number of H-pyrrole nitrogens is 1. The first-order valence-electron chi connectivity index (χ1n) is 7.48. The Morgan fingerprint density at radius 1 is 0.842 bits per heavy atom. The monoisotopic (exact) mass is 257 g/mol. The molecular weight excluding hydrogens is 230 g/mol. The molecule has 0 unspecified atom stereocenters. The predicted octanol–water partition coefficient (Wildman–Crippen LogP) is 5.85. The van der Waals surface area contributed by atoms with E-state index < -0.39 is 0 Å². The number of fused-ring (bicyclic) bond motifs is 1. The van der Waals surface area contributed by atoms with Crippen LogP contribution in [0.15, 0.2) is 12.1 Å². The highest BCUT2D eigenvalue weighted by atomic mass is 14.7. The van der Waals surface area contributed by atoms with Gasteiger partial charge in [0.2, 0.25) is 0 Å². The van der Waals surface area contributed by atoms with Crippen LogP contribution < -0.4 is 0 Å². The average Bonchev–Trinajstić information content (AvgIpc) is 2.65. The summed E-state index contributed by atoms with van der Waals surface area (Å²) in [6, 6.07) is 4.77. The zero-order valence-electron chi connectivity index (χ0n) is 13.4. The van der Waals surface area contributed by atoms with Crippen LogP contribution in [0, 0.1) is 6.92 Å². The molecule has 0 aliphatic heterocycles. The molecule has 2 aromatic rings. The van der Waals surface area contributed by atoms with E-state index in [-0.39, 0.29) is 0 Å². The summed E-state index contributed by atoms with van der Waals surface area (Å²) in [5.41, 5.74) is 7.07. The van der Waals surface area contributed by atoms with E-state index in [1.807, 2.05) is 0 Å². The van der Waals surface area contributed by atoms with Gasteiger partial charge >= 0.3 is 0 Å². The van der Waals surface area contributed by atoms with E-state index in [2.05, 4.69) is 65.6 Å². The molecule has 1 nitrogen and oxygen atoms in total. The molecular formula is C18H27N. The summed E-state index contributed by atoms with van der Waals surface area (Å²) in [4.78, 5) is 3.68. The number of aromatic amines is 1. The lowest BCUT2D eigenvalue weighted by molar-refractivity contribution is 0.822. The van der Waals surface area contributed by atoms with Crippen LogP contribution in [0.3, 0.4) is 0 Å². The Balaban J connectivity index is 2.80. The van der Waals surface area contributed by atoms with Gasteiger partial charge in [-0.15, -0.1) is 0 Å². The molecule has 0 bridgehead atoms. The van der Waals surface area contributed by atoms with Crippen molar-refractivity contribution < 1.29 is 0 Å². The lowest BCUT2D eigenvalue weighted by Gasteiger charge is -2.13. The van der Waals surface area contributed by atoms with Gasteiger partial charge in [-0.2, -0.15) is 0 Å². The average molecular weight is 257 g/mol. The van der Waals surface area contributed by atoms with E-state index in [1.54, 1.807) is 0 Å². The summed E-state index contributed by atoms with van der Waals surface area (Å²) in [5.74, 6) is 1.69. The van der Waals surface area contributed by atoms with Crippen LogP contribution in [-0.2, 0) is 0 Å². The Kier molecular flexibility index (Phi) is 3.75. The minimum atomic E-state index is 0.551. The molecule has 0 fully saturated rings. The fourth-order valence-electron chi connectivity index (χ4n) is 2.86. The molecule has 1 heterocycles. The van der Waals surface area contributed by atoms with Gasteiger partial charge in [0.1, 0.15) is 0 Å². The molecule has 104 valence electrons. The highest BCUT2D eigenvalue weighted by molar-refractivity contribution is 5.88. The SMILES string of the molecule is Cc1c(C(C)C)[nH]c2c(C(C)C)cc(C(C)C)cc12. The second kappa shape index (κ2) is 5.03. The van der Waals surface area contributed by atoms with Gasteiger partial charge in [-0.25, -0.2) is 0 Å². The molecule has 0 aliphatic carbocycles. The molecule has 0 atom stereocenters. The van der Waals surface area contributed by atoms with Crippen LogP contribution in [0.25, 0.3) is 10.9 Å².